The highest BCUT2D eigenvalue weighted by atomic mass is 32.1. The van der Waals surface area contributed by atoms with Crippen LogP contribution in [0.25, 0.3) is 0 Å². The Morgan fingerprint density at radius 2 is 2.10 bits per heavy atom. The number of aryl methyl sites for hydroxylation is 2. The molecule has 2 aromatic rings. The molecule has 0 saturated heterocycles. The van der Waals surface area contributed by atoms with E-state index < -0.39 is 5.97 Å². The Labute approximate surface area is 131 Å². The number of rotatable bonds is 5. The minimum absolute atomic E-state index is 0.172. The highest BCUT2D eigenvalue weighted by molar-refractivity contribution is 7.17. The number of thiophene rings is 2. The Morgan fingerprint density at radius 3 is 2.76 bits per heavy atom. The van der Waals surface area contributed by atoms with Crippen LogP contribution in [-0.2, 0) is 11.2 Å². The van der Waals surface area contributed by atoms with E-state index in [9.17, 15) is 9.59 Å². The third-order valence-corrected chi connectivity index (χ3v) is 4.83. The Bertz CT molecular complexity index is 658. The summed E-state index contributed by atoms with van der Waals surface area (Å²) >= 11 is 2.79. The van der Waals surface area contributed by atoms with E-state index in [1.807, 2.05) is 25.3 Å². The second-order valence-corrected chi connectivity index (χ2v) is 6.58. The highest BCUT2D eigenvalue weighted by Crippen LogP contribution is 2.29. The van der Waals surface area contributed by atoms with Crippen LogP contribution in [0.15, 0.2) is 17.5 Å². The SMILES string of the molecule is CCOC(=O)c1cc(C)sc1NC(=O)c1sccc1CC. The molecular weight excluding hydrogens is 306 g/mol. The van der Waals surface area contributed by atoms with Gasteiger partial charge in [-0.25, -0.2) is 4.79 Å². The van der Waals surface area contributed by atoms with Gasteiger partial charge in [-0.05, 0) is 43.3 Å². The summed E-state index contributed by atoms with van der Waals surface area (Å²) in [6.45, 7) is 5.98. The lowest BCUT2D eigenvalue weighted by Gasteiger charge is -2.06. The molecule has 0 aromatic carbocycles. The van der Waals surface area contributed by atoms with Crippen molar-refractivity contribution in [2.24, 2.45) is 0 Å². The van der Waals surface area contributed by atoms with Gasteiger partial charge in [-0.3, -0.25) is 4.79 Å². The van der Waals surface area contributed by atoms with Crippen LogP contribution in [0.1, 0.15) is 44.3 Å². The number of carbonyl (C=O) groups excluding carboxylic acids is 2. The van der Waals surface area contributed by atoms with Crippen molar-refractivity contribution in [3.8, 4) is 0 Å². The first-order valence-electron chi connectivity index (χ1n) is 6.72. The maximum absolute atomic E-state index is 12.4. The second kappa shape index (κ2) is 6.87. The standard InChI is InChI=1S/C15H17NO3S2/c1-4-10-6-7-20-12(10)13(17)16-14-11(8-9(3)21-14)15(18)19-5-2/h6-8H,4-5H2,1-3H3,(H,16,17). The molecule has 0 aliphatic rings. The minimum Gasteiger partial charge on any atom is -0.462 e. The van der Waals surface area contributed by atoms with Gasteiger partial charge in [0.05, 0.1) is 17.0 Å². The molecule has 112 valence electrons. The number of hydrogen-bond acceptors (Lipinski definition) is 5. The number of anilines is 1. The molecule has 21 heavy (non-hydrogen) atoms. The predicted octanol–water partition coefficient (Wildman–Crippen LogP) is 4.11. The lowest BCUT2D eigenvalue weighted by Crippen LogP contribution is -2.14. The van der Waals surface area contributed by atoms with Crippen LogP contribution in [0.2, 0.25) is 0 Å². The fourth-order valence-corrected chi connectivity index (χ4v) is 3.73. The van der Waals surface area contributed by atoms with Crippen molar-refractivity contribution in [3.05, 3.63) is 38.4 Å². The second-order valence-electron chi connectivity index (χ2n) is 4.40. The summed E-state index contributed by atoms with van der Waals surface area (Å²) in [5.41, 5.74) is 1.44. The van der Waals surface area contributed by atoms with Crippen LogP contribution in [-0.4, -0.2) is 18.5 Å². The number of ether oxygens (including phenoxy) is 1. The fourth-order valence-electron chi connectivity index (χ4n) is 1.94. The number of nitrogens with one attached hydrogen (secondary N) is 1. The van der Waals surface area contributed by atoms with Crippen LogP contribution >= 0.6 is 22.7 Å². The molecule has 0 fully saturated rings. The van der Waals surface area contributed by atoms with Gasteiger partial charge in [0.25, 0.3) is 5.91 Å². The quantitative estimate of drug-likeness (QED) is 0.843. The number of amides is 1. The smallest absolute Gasteiger partial charge is 0.341 e. The normalized spacial score (nSPS) is 10.4. The molecule has 2 aromatic heterocycles. The molecule has 1 N–H and O–H groups in total. The van der Waals surface area contributed by atoms with E-state index in [1.165, 1.54) is 22.7 Å². The molecule has 2 rings (SSSR count). The monoisotopic (exact) mass is 323 g/mol. The number of carbonyl (C=O) groups is 2. The van der Waals surface area contributed by atoms with Gasteiger partial charge < -0.3 is 10.1 Å². The van der Waals surface area contributed by atoms with Gasteiger partial charge in [0.1, 0.15) is 5.00 Å². The molecule has 1 amide bonds. The summed E-state index contributed by atoms with van der Waals surface area (Å²) in [7, 11) is 0. The van der Waals surface area contributed by atoms with Crippen LogP contribution in [0.3, 0.4) is 0 Å². The van der Waals surface area contributed by atoms with Gasteiger partial charge in [-0.1, -0.05) is 6.92 Å². The lowest BCUT2D eigenvalue weighted by atomic mass is 10.2. The summed E-state index contributed by atoms with van der Waals surface area (Å²) < 4.78 is 5.02. The van der Waals surface area contributed by atoms with E-state index >= 15 is 0 Å². The summed E-state index contributed by atoms with van der Waals surface area (Å²) in [4.78, 5) is 25.9. The van der Waals surface area contributed by atoms with Gasteiger partial charge >= 0.3 is 5.97 Å². The lowest BCUT2D eigenvalue weighted by molar-refractivity contribution is 0.0528. The van der Waals surface area contributed by atoms with E-state index in [1.54, 1.807) is 13.0 Å². The summed E-state index contributed by atoms with van der Waals surface area (Å²) in [5, 5.41) is 5.29. The Morgan fingerprint density at radius 1 is 1.33 bits per heavy atom. The zero-order chi connectivity index (χ0) is 15.4. The molecule has 2 heterocycles. The van der Waals surface area contributed by atoms with Crippen LogP contribution in [0.4, 0.5) is 5.00 Å². The largest absolute Gasteiger partial charge is 0.462 e. The number of hydrogen-bond donors (Lipinski definition) is 1. The molecule has 0 spiro atoms. The zero-order valence-corrected chi connectivity index (χ0v) is 13.8. The topological polar surface area (TPSA) is 55.4 Å². The van der Waals surface area contributed by atoms with Gasteiger partial charge in [0.15, 0.2) is 0 Å². The van der Waals surface area contributed by atoms with Crippen LogP contribution < -0.4 is 5.32 Å². The Kier molecular flexibility index (Phi) is 5.14. The third-order valence-electron chi connectivity index (χ3n) is 2.91. The molecule has 4 nitrogen and oxygen atoms in total. The van der Waals surface area contributed by atoms with Gasteiger partial charge in [0.2, 0.25) is 0 Å². The van der Waals surface area contributed by atoms with Crippen molar-refractivity contribution >= 4 is 39.6 Å². The molecule has 0 aliphatic heterocycles. The maximum Gasteiger partial charge on any atom is 0.341 e. The first-order valence-corrected chi connectivity index (χ1v) is 8.41. The average molecular weight is 323 g/mol. The highest BCUT2D eigenvalue weighted by Gasteiger charge is 2.20. The van der Waals surface area contributed by atoms with E-state index in [4.69, 9.17) is 4.74 Å². The van der Waals surface area contributed by atoms with E-state index in [2.05, 4.69) is 5.32 Å². The molecular formula is C15H17NO3S2. The Hall–Kier alpha value is -1.66. The first kappa shape index (κ1) is 15.7. The third kappa shape index (κ3) is 3.51. The van der Waals surface area contributed by atoms with Crippen molar-refractivity contribution in [3.63, 3.8) is 0 Å². The molecule has 0 bridgehead atoms. The molecule has 0 saturated carbocycles. The van der Waals surface area contributed by atoms with Crippen LogP contribution in [0, 0.1) is 6.92 Å². The molecule has 0 aliphatic carbocycles. The van der Waals surface area contributed by atoms with E-state index in [0.29, 0.717) is 22.0 Å². The molecule has 6 heteroatoms. The van der Waals surface area contributed by atoms with Gasteiger partial charge in [-0.15, -0.1) is 22.7 Å². The van der Waals surface area contributed by atoms with Gasteiger partial charge in [0, 0.05) is 4.88 Å². The van der Waals surface area contributed by atoms with Crippen molar-refractivity contribution in [1.82, 2.24) is 0 Å². The summed E-state index contributed by atoms with van der Waals surface area (Å²) in [6.07, 6.45) is 0.806. The van der Waals surface area contributed by atoms with Crippen molar-refractivity contribution < 1.29 is 14.3 Å². The zero-order valence-electron chi connectivity index (χ0n) is 12.2. The average Bonchev–Trinajstić information content (AvgIpc) is 3.05. The summed E-state index contributed by atoms with van der Waals surface area (Å²) in [6, 6.07) is 3.69. The Balaban J connectivity index is 2.23. The van der Waals surface area contributed by atoms with Crippen molar-refractivity contribution in [2.75, 3.05) is 11.9 Å². The van der Waals surface area contributed by atoms with E-state index in [-0.39, 0.29) is 5.91 Å². The van der Waals surface area contributed by atoms with E-state index in [0.717, 1.165) is 16.9 Å². The molecule has 0 radical (unpaired) electrons. The maximum atomic E-state index is 12.4. The predicted molar refractivity (Wildman–Crippen MR) is 86.7 cm³/mol. The first-order chi connectivity index (χ1) is 10.1. The van der Waals surface area contributed by atoms with Gasteiger partial charge in [-0.2, -0.15) is 0 Å². The minimum atomic E-state index is -0.404. The summed E-state index contributed by atoms with van der Waals surface area (Å²) in [5.74, 6) is -0.576. The molecule has 0 atom stereocenters. The van der Waals surface area contributed by atoms with Crippen molar-refractivity contribution in [2.45, 2.75) is 27.2 Å². The van der Waals surface area contributed by atoms with Crippen molar-refractivity contribution in [1.29, 1.82) is 0 Å². The molecule has 0 unspecified atom stereocenters. The van der Waals surface area contributed by atoms with Crippen LogP contribution in [0.5, 0.6) is 0 Å². The number of esters is 1. The fraction of sp³-hybridized carbons (Fsp3) is 0.333.